The van der Waals surface area contributed by atoms with E-state index in [1.165, 1.54) is 29.4 Å². The molecule has 5 heterocycles. The molecule has 2 aliphatic heterocycles. The maximum atomic E-state index is 14.4. The number of H-pyrrole nitrogens is 2. The van der Waals surface area contributed by atoms with Crippen molar-refractivity contribution in [3.05, 3.63) is 122 Å². The number of ether oxygens (including phenoxy) is 2. The van der Waals surface area contributed by atoms with Crippen molar-refractivity contribution >= 4 is 80.1 Å². The van der Waals surface area contributed by atoms with E-state index in [1.54, 1.807) is 0 Å². The molecule has 9 nitrogen and oxygen atoms in total. The number of Topliss-reactive ketones (excluding diaryl/α,β-unsaturated/α-hetero) is 1. The van der Waals surface area contributed by atoms with Gasteiger partial charge in [0, 0.05) is 28.7 Å². The van der Waals surface area contributed by atoms with Gasteiger partial charge in [0.1, 0.15) is 12.5 Å². The second kappa shape index (κ2) is 22.4. The Balaban J connectivity index is 0.00000793. The molecule has 0 unspecified atom stereocenters. The molecule has 8 bridgehead atoms. The Labute approximate surface area is 402 Å². The van der Waals surface area contributed by atoms with Gasteiger partial charge < -0.3 is 19.4 Å². The van der Waals surface area contributed by atoms with Crippen LogP contribution >= 0.6 is 0 Å². The fourth-order valence-corrected chi connectivity index (χ4v) is 9.44. The van der Waals surface area contributed by atoms with Gasteiger partial charge in [-0.25, -0.2) is 9.97 Å². The third kappa shape index (κ3) is 11.3. The van der Waals surface area contributed by atoms with Crippen molar-refractivity contribution in [2.24, 2.45) is 0 Å². The Morgan fingerprint density at radius 1 is 0.800 bits per heavy atom. The van der Waals surface area contributed by atoms with Crippen molar-refractivity contribution in [3.8, 4) is 0 Å². The van der Waals surface area contributed by atoms with Crippen LogP contribution in [-0.4, -0.2) is 54.5 Å². The molecule has 6 rings (SSSR count). The van der Waals surface area contributed by atoms with Crippen molar-refractivity contribution in [1.29, 1.82) is 0 Å². The van der Waals surface area contributed by atoms with E-state index in [2.05, 4.69) is 96.2 Å². The summed E-state index contributed by atoms with van der Waals surface area (Å²) < 4.78 is 11.0. The maximum Gasteiger partial charge on any atom is 2.00 e. The minimum Gasteiger partial charge on any atom is -0.657 e. The van der Waals surface area contributed by atoms with Gasteiger partial charge in [-0.15, -0.1) is 22.1 Å². The summed E-state index contributed by atoms with van der Waals surface area (Å²) in [6.07, 6.45) is 18.4. The topological polar surface area (TPSA) is 126 Å². The normalized spacial score (nSPS) is 17.3. The van der Waals surface area contributed by atoms with E-state index in [-0.39, 0.29) is 59.7 Å². The number of allylic oxidation sites excluding steroid dienone is 9. The van der Waals surface area contributed by atoms with Crippen LogP contribution in [0.2, 0.25) is 0 Å². The minimum atomic E-state index is -1.19. The summed E-state index contributed by atoms with van der Waals surface area (Å²) in [5.74, 6) is -2.87. The first-order valence-electron chi connectivity index (χ1n) is 23.1. The number of hydrogen-bond acceptors (Lipinski definition) is 5. The van der Waals surface area contributed by atoms with Crippen LogP contribution in [0.1, 0.15) is 186 Å². The molecule has 0 saturated carbocycles. The maximum absolute atomic E-state index is 14.4. The minimum absolute atomic E-state index is 0. The van der Waals surface area contributed by atoms with Crippen LogP contribution in [0.4, 0.5) is 0 Å². The van der Waals surface area contributed by atoms with Gasteiger partial charge in [-0.2, -0.15) is 0 Å². The standard InChI is InChI=1S/C55H67N4O5.Mg/c1-13-39-35(8)42-28-44-37(10)41(24-25-48(60)64-27-26-34(7)23-17-22-33(6)21-16-20-32(5)19-15-18-31(3)4)52(58-44)50-51(55(62)63-12)54(61)49-38(11)45(59-53(49)50)30-47-40(14-2)36(9)43(57-47)29-46(39)56-42;/h13,18,20,22,26,28-30,37,41,51H,1,14-17,19,21,23-25,27H2,2-12H3,(H-,56,57,58,59,61);/q-1;+2/p+1/b32-20+,33-22+,34-26+;/t37-,41-,51+;/m0./s1. The molecule has 0 amide bonds. The molecule has 2 N–H and O–H groups in total. The quantitative estimate of drug-likeness (QED) is 0.0572. The molecular weight excluding hydrogens is 821 g/mol. The Hall–Kier alpha value is -5.06. The molecule has 1 aliphatic carbocycles. The molecule has 65 heavy (non-hydrogen) atoms. The number of nitrogens with one attached hydrogen (secondary N) is 2. The molecule has 3 aromatic rings. The number of fused-ring (bicyclic) bond motifs is 8. The average Bonchev–Trinajstić information content (AvgIpc) is 3.99. The smallest absolute Gasteiger partial charge is 0.657 e. The van der Waals surface area contributed by atoms with Gasteiger partial charge in [0.05, 0.1) is 18.9 Å². The number of esters is 2. The SMILES string of the molecule is C=Cc1c(C)c2cc3[nH+]c(c4c5[n-]c(cc6[nH+]c(cc1[n-]2)C(C)=C6CC)c(C)c5C(=O)[C@@H]4C(=O)OC)[C@@H](CCC(=O)OC/C=C(\C)CC/C=C(\C)CC/C=C(\C)CCC=C(C)C)[C@@H]3C.[Mg+2]. The molecule has 0 aromatic carbocycles. The van der Waals surface area contributed by atoms with E-state index in [1.807, 2.05) is 38.1 Å². The van der Waals surface area contributed by atoms with Crippen molar-refractivity contribution < 1.29 is 33.8 Å². The summed E-state index contributed by atoms with van der Waals surface area (Å²) in [4.78, 5) is 58.9. The summed E-state index contributed by atoms with van der Waals surface area (Å²) in [6, 6.07) is 6.12. The number of carbonyl (C=O) groups is 3. The first-order valence-corrected chi connectivity index (χ1v) is 23.1. The zero-order valence-corrected chi connectivity index (χ0v) is 42.2. The van der Waals surface area contributed by atoms with Crippen molar-refractivity contribution in [1.82, 2.24) is 9.97 Å². The predicted molar refractivity (Wildman–Crippen MR) is 263 cm³/mol. The molecular formula is C55H68MgN4O5+2. The van der Waals surface area contributed by atoms with Crippen LogP contribution in [0, 0.1) is 13.8 Å². The van der Waals surface area contributed by atoms with Gasteiger partial charge in [-0.05, 0) is 137 Å². The van der Waals surface area contributed by atoms with Crippen LogP contribution in [0.3, 0.4) is 0 Å². The predicted octanol–water partition coefficient (Wildman–Crippen LogP) is 11.4. The fraction of sp³-hybridized carbons (Fsp3) is 0.436. The third-order valence-electron chi connectivity index (χ3n) is 13.4. The summed E-state index contributed by atoms with van der Waals surface area (Å²) in [7, 11) is 1.30. The first-order chi connectivity index (χ1) is 30.6. The zero-order chi connectivity index (χ0) is 46.4. The molecule has 0 radical (unpaired) electrons. The van der Waals surface area contributed by atoms with E-state index in [0.29, 0.717) is 39.8 Å². The molecule has 3 aliphatic rings. The van der Waals surface area contributed by atoms with Crippen molar-refractivity contribution in [3.63, 3.8) is 0 Å². The molecule has 0 spiro atoms. The van der Waals surface area contributed by atoms with Gasteiger partial charge in [-0.3, -0.25) is 14.4 Å². The van der Waals surface area contributed by atoms with Gasteiger partial charge in [0.25, 0.3) is 0 Å². The van der Waals surface area contributed by atoms with Crippen LogP contribution in [0.15, 0.2) is 71.4 Å². The van der Waals surface area contributed by atoms with Gasteiger partial charge in [0.15, 0.2) is 17.2 Å². The van der Waals surface area contributed by atoms with Crippen molar-refractivity contribution in [2.45, 2.75) is 145 Å². The molecule has 10 heteroatoms. The summed E-state index contributed by atoms with van der Waals surface area (Å²) in [6.45, 7) is 25.4. The number of carbonyl (C=O) groups excluding carboxylic acids is 3. The van der Waals surface area contributed by atoms with Gasteiger partial charge >= 0.3 is 35.0 Å². The Morgan fingerprint density at radius 2 is 1.42 bits per heavy atom. The largest absolute Gasteiger partial charge is 2.00 e. The van der Waals surface area contributed by atoms with Crippen LogP contribution in [0.25, 0.3) is 39.3 Å². The third-order valence-corrected chi connectivity index (χ3v) is 13.4. The average molecular weight is 889 g/mol. The number of nitrogens with zero attached hydrogens (tertiary/aromatic N) is 2. The molecule has 338 valence electrons. The number of aromatic amines is 2. The second-order valence-electron chi connectivity index (χ2n) is 18.2. The van der Waals surface area contributed by atoms with E-state index < -0.39 is 11.9 Å². The van der Waals surface area contributed by atoms with Crippen LogP contribution in [0.5, 0.6) is 0 Å². The van der Waals surface area contributed by atoms with E-state index in [4.69, 9.17) is 19.4 Å². The summed E-state index contributed by atoms with van der Waals surface area (Å²) in [5.41, 5.74) is 17.4. The Morgan fingerprint density at radius 3 is 2.03 bits per heavy atom. The van der Waals surface area contributed by atoms with Crippen LogP contribution in [-0.2, 0) is 19.1 Å². The molecule has 0 saturated heterocycles. The summed E-state index contributed by atoms with van der Waals surface area (Å²) >= 11 is 0. The number of ketones is 1. The van der Waals surface area contributed by atoms with Gasteiger partial charge in [-0.1, -0.05) is 78.1 Å². The number of aromatic nitrogens is 4. The van der Waals surface area contributed by atoms with E-state index >= 15 is 0 Å². The van der Waals surface area contributed by atoms with E-state index in [9.17, 15) is 14.4 Å². The Bertz CT molecular complexity index is 2680. The van der Waals surface area contributed by atoms with Crippen molar-refractivity contribution in [2.75, 3.05) is 13.7 Å². The van der Waals surface area contributed by atoms with Crippen LogP contribution < -0.4 is 19.9 Å². The summed E-state index contributed by atoms with van der Waals surface area (Å²) in [5, 5.41) is 0. The molecule has 0 fully saturated rings. The Kier molecular flexibility index (Phi) is 17.6. The zero-order valence-electron chi connectivity index (χ0n) is 40.8. The number of hydrogen-bond donors (Lipinski definition) is 0. The van der Waals surface area contributed by atoms with E-state index in [0.717, 1.165) is 95.3 Å². The first kappa shape index (κ1) is 50.9. The molecule has 3 aromatic heterocycles. The van der Waals surface area contributed by atoms with Gasteiger partial charge in [0.2, 0.25) is 11.4 Å². The second-order valence-corrected chi connectivity index (χ2v) is 18.2. The molecule has 3 atom stereocenters. The number of methoxy groups -OCH3 is 1. The monoisotopic (exact) mass is 889 g/mol. The fourth-order valence-electron chi connectivity index (χ4n) is 9.44. The number of aryl methyl sites for hydroxylation is 2. The number of rotatable bonds is 17.